The van der Waals surface area contributed by atoms with Crippen LogP contribution in [0.5, 0.6) is 0 Å². The summed E-state index contributed by atoms with van der Waals surface area (Å²) in [5, 5.41) is 10.5. The first-order chi connectivity index (χ1) is 12.1. The molecule has 3 atom stereocenters. The molecule has 1 saturated heterocycles. The molecule has 25 heavy (non-hydrogen) atoms. The van der Waals surface area contributed by atoms with E-state index in [0.717, 1.165) is 30.4 Å². The Kier molecular flexibility index (Phi) is 5.89. The van der Waals surface area contributed by atoms with Gasteiger partial charge in [0.2, 0.25) is 0 Å². The van der Waals surface area contributed by atoms with Crippen molar-refractivity contribution in [3.05, 3.63) is 71.8 Å². The Bertz CT molecular complexity index is 641. The van der Waals surface area contributed by atoms with Crippen LogP contribution in [-0.4, -0.2) is 17.8 Å². The van der Waals surface area contributed by atoms with Crippen LogP contribution < -0.4 is 0 Å². The van der Waals surface area contributed by atoms with Gasteiger partial charge in [-0.1, -0.05) is 74.5 Å². The number of rotatable bonds is 6. The fourth-order valence-electron chi connectivity index (χ4n) is 3.45. The summed E-state index contributed by atoms with van der Waals surface area (Å²) < 4.78 is 12.8. The van der Waals surface area contributed by atoms with Crippen molar-refractivity contribution in [3.63, 3.8) is 0 Å². The van der Waals surface area contributed by atoms with E-state index in [1.807, 2.05) is 48.5 Å². The van der Waals surface area contributed by atoms with E-state index in [0.29, 0.717) is 5.92 Å². The molecule has 0 saturated carbocycles. The molecule has 3 heteroatoms. The second-order valence-corrected chi connectivity index (χ2v) is 7.15. The van der Waals surface area contributed by atoms with E-state index in [1.165, 1.54) is 0 Å². The highest BCUT2D eigenvalue weighted by molar-refractivity contribution is 5.21. The van der Waals surface area contributed by atoms with Crippen molar-refractivity contribution < 1.29 is 14.6 Å². The highest BCUT2D eigenvalue weighted by Crippen LogP contribution is 2.41. The van der Waals surface area contributed by atoms with Gasteiger partial charge in [0, 0.05) is 12.0 Å². The summed E-state index contributed by atoms with van der Waals surface area (Å²) in [7, 11) is 0. The van der Waals surface area contributed by atoms with Crippen LogP contribution in [0, 0.1) is 5.92 Å². The largest absolute Gasteiger partial charge is 0.386 e. The van der Waals surface area contributed by atoms with Crippen molar-refractivity contribution in [2.45, 2.75) is 51.1 Å². The minimum Gasteiger partial charge on any atom is -0.386 e. The third-order valence-electron chi connectivity index (χ3n) is 4.95. The van der Waals surface area contributed by atoms with E-state index in [4.69, 9.17) is 9.47 Å². The van der Waals surface area contributed by atoms with Gasteiger partial charge in [-0.05, 0) is 24.3 Å². The van der Waals surface area contributed by atoms with Crippen LogP contribution in [0.1, 0.15) is 50.3 Å². The zero-order valence-electron chi connectivity index (χ0n) is 15.1. The Morgan fingerprint density at radius 2 is 1.72 bits per heavy atom. The highest BCUT2D eigenvalue weighted by Gasteiger charge is 2.41. The summed E-state index contributed by atoms with van der Waals surface area (Å²) in [6.45, 7) is 4.58. The number of aliphatic hydroxyl groups excluding tert-OH is 1. The second-order valence-electron chi connectivity index (χ2n) is 7.15. The minimum atomic E-state index is -0.774. The Morgan fingerprint density at radius 3 is 2.36 bits per heavy atom. The van der Waals surface area contributed by atoms with Gasteiger partial charge in [0.05, 0.1) is 12.7 Å². The first-order valence-electron chi connectivity index (χ1n) is 9.21. The van der Waals surface area contributed by atoms with Gasteiger partial charge < -0.3 is 14.6 Å². The SMILES string of the molecule is CC(C)[C@@H]1CCC[C@](OC[C@H](O)c2ccccc2)(c2ccccc2)O1. The van der Waals surface area contributed by atoms with Gasteiger partial charge in [0.1, 0.15) is 6.10 Å². The molecular weight excluding hydrogens is 312 g/mol. The second kappa shape index (κ2) is 8.13. The third kappa shape index (κ3) is 4.30. The number of hydrogen-bond acceptors (Lipinski definition) is 3. The maximum absolute atomic E-state index is 10.5. The standard InChI is InChI=1S/C22H28O3/c1-17(2)21-14-9-15-22(25-21,19-12-7-4-8-13-19)24-16-20(23)18-10-5-3-6-11-18/h3-8,10-13,17,20-21,23H,9,14-16H2,1-2H3/t20-,21-,22+/m0/s1. The molecule has 0 radical (unpaired) electrons. The Labute approximate surface area is 150 Å². The lowest BCUT2D eigenvalue weighted by atomic mass is 9.91. The molecule has 2 aromatic rings. The molecule has 2 aromatic carbocycles. The lowest BCUT2D eigenvalue weighted by molar-refractivity contribution is -0.302. The molecule has 0 bridgehead atoms. The molecule has 0 unspecified atom stereocenters. The molecule has 0 aromatic heterocycles. The lowest BCUT2D eigenvalue weighted by Crippen LogP contribution is -2.43. The summed E-state index contributed by atoms with van der Waals surface area (Å²) in [6.07, 6.45) is 2.42. The quantitative estimate of drug-likeness (QED) is 0.820. The van der Waals surface area contributed by atoms with Gasteiger partial charge in [-0.3, -0.25) is 0 Å². The van der Waals surface area contributed by atoms with Crippen LogP contribution >= 0.6 is 0 Å². The maximum Gasteiger partial charge on any atom is 0.195 e. The maximum atomic E-state index is 10.5. The predicted octanol–water partition coefficient (Wildman–Crippen LogP) is 4.81. The van der Waals surface area contributed by atoms with E-state index >= 15 is 0 Å². The average Bonchev–Trinajstić information content (AvgIpc) is 2.67. The molecule has 1 N–H and O–H groups in total. The number of aliphatic hydroxyl groups is 1. The Balaban J connectivity index is 1.80. The monoisotopic (exact) mass is 340 g/mol. The van der Waals surface area contributed by atoms with Crippen molar-refractivity contribution >= 4 is 0 Å². The zero-order valence-corrected chi connectivity index (χ0v) is 15.1. The Hall–Kier alpha value is -1.68. The molecule has 134 valence electrons. The topological polar surface area (TPSA) is 38.7 Å². The first-order valence-corrected chi connectivity index (χ1v) is 9.21. The molecule has 1 heterocycles. The van der Waals surface area contributed by atoms with Crippen molar-refractivity contribution in [1.82, 2.24) is 0 Å². The molecule has 1 fully saturated rings. The van der Waals surface area contributed by atoms with E-state index in [1.54, 1.807) is 0 Å². The smallest absolute Gasteiger partial charge is 0.195 e. The average molecular weight is 340 g/mol. The van der Waals surface area contributed by atoms with Crippen molar-refractivity contribution in [1.29, 1.82) is 0 Å². The molecule has 0 amide bonds. The summed E-state index contributed by atoms with van der Waals surface area (Å²) in [6, 6.07) is 19.8. The van der Waals surface area contributed by atoms with Crippen LogP contribution in [0.15, 0.2) is 60.7 Å². The fraction of sp³-hybridized carbons (Fsp3) is 0.455. The third-order valence-corrected chi connectivity index (χ3v) is 4.95. The number of benzene rings is 2. The summed E-state index contributed by atoms with van der Waals surface area (Å²) in [4.78, 5) is 0. The Morgan fingerprint density at radius 1 is 1.08 bits per heavy atom. The van der Waals surface area contributed by atoms with Crippen LogP contribution in [0.2, 0.25) is 0 Å². The van der Waals surface area contributed by atoms with Gasteiger partial charge in [-0.25, -0.2) is 0 Å². The van der Waals surface area contributed by atoms with Crippen molar-refractivity contribution in [3.8, 4) is 0 Å². The van der Waals surface area contributed by atoms with Crippen LogP contribution in [0.4, 0.5) is 0 Å². The van der Waals surface area contributed by atoms with Crippen molar-refractivity contribution in [2.75, 3.05) is 6.61 Å². The van der Waals surface area contributed by atoms with Gasteiger partial charge in [0.25, 0.3) is 0 Å². The normalized spacial score (nSPS) is 25.0. The molecule has 0 spiro atoms. The van der Waals surface area contributed by atoms with Crippen LogP contribution in [0.25, 0.3) is 0 Å². The summed E-state index contributed by atoms with van der Waals surface area (Å²) >= 11 is 0. The minimum absolute atomic E-state index is 0.169. The molecule has 0 aliphatic carbocycles. The predicted molar refractivity (Wildman–Crippen MR) is 99.0 cm³/mol. The van der Waals surface area contributed by atoms with Gasteiger partial charge >= 0.3 is 0 Å². The lowest BCUT2D eigenvalue weighted by Gasteiger charge is -2.43. The van der Waals surface area contributed by atoms with E-state index in [2.05, 4.69) is 26.0 Å². The summed E-state index contributed by atoms with van der Waals surface area (Å²) in [5.74, 6) is -0.337. The first kappa shape index (κ1) is 18.1. The molecule has 1 aliphatic rings. The van der Waals surface area contributed by atoms with E-state index < -0.39 is 11.9 Å². The number of ether oxygens (including phenoxy) is 2. The fourth-order valence-corrected chi connectivity index (χ4v) is 3.45. The zero-order chi connectivity index (χ0) is 17.7. The van der Waals surface area contributed by atoms with Gasteiger partial charge in [0.15, 0.2) is 5.79 Å². The van der Waals surface area contributed by atoms with Gasteiger partial charge in [-0.15, -0.1) is 0 Å². The molecule has 3 rings (SSSR count). The molecule has 1 aliphatic heterocycles. The van der Waals surface area contributed by atoms with Gasteiger partial charge in [-0.2, -0.15) is 0 Å². The van der Waals surface area contributed by atoms with E-state index in [-0.39, 0.29) is 12.7 Å². The van der Waals surface area contributed by atoms with Crippen LogP contribution in [0.3, 0.4) is 0 Å². The molecular formula is C22H28O3. The number of hydrogen-bond donors (Lipinski definition) is 1. The molecule has 3 nitrogen and oxygen atoms in total. The van der Waals surface area contributed by atoms with E-state index in [9.17, 15) is 5.11 Å². The highest BCUT2D eigenvalue weighted by atomic mass is 16.7. The van der Waals surface area contributed by atoms with Crippen LogP contribution in [-0.2, 0) is 15.3 Å². The summed E-state index contributed by atoms with van der Waals surface area (Å²) in [5.41, 5.74) is 1.89. The van der Waals surface area contributed by atoms with Crippen molar-refractivity contribution in [2.24, 2.45) is 5.92 Å².